The van der Waals surface area contributed by atoms with Gasteiger partial charge in [0.25, 0.3) is 5.91 Å². The molecule has 0 aromatic carbocycles. The molecule has 0 bridgehead atoms. The van der Waals surface area contributed by atoms with Gasteiger partial charge < -0.3 is 9.64 Å². The van der Waals surface area contributed by atoms with Crippen LogP contribution in [0.3, 0.4) is 0 Å². The average molecular weight is 243 g/mol. The van der Waals surface area contributed by atoms with Crippen LogP contribution in [0.1, 0.15) is 23.3 Å². The second kappa shape index (κ2) is 6.16. The Morgan fingerprint density at radius 1 is 1.56 bits per heavy atom. The first-order valence-electron chi connectivity index (χ1n) is 4.74. The molecule has 0 radical (unpaired) electrons. The van der Waals surface area contributed by atoms with E-state index in [2.05, 4.69) is 14.3 Å². The fourth-order valence-electron chi connectivity index (χ4n) is 1.12. The Bertz CT molecular complexity index is 353. The summed E-state index contributed by atoms with van der Waals surface area (Å²) in [6.07, 6.45) is 0.885. The topological polar surface area (TPSA) is 72.4 Å². The lowest BCUT2D eigenvalue weighted by Gasteiger charge is -2.14. The van der Waals surface area contributed by atoms with Crippen molar-refractivity contribution in [2.24, 2.45) is 0 Å². The third-order valence-electron chi connectivity index (χ3n) is 2.03. The molecule has 1 aromatic rings. The van der Waals surface area contributed by atoms with Crippen LogP contribution in [0.15, 0.2) is 5.38 Å². The number of nitrogens with zero attached hydrogens (tertiary/aromatic N) is 3. The van der Waals surface area contributed by atoms with Gasteiger partial charge in [-0.15, -0.1) is 5.10 Å². The number of methoxy groups -OCH3 is 1. The molecule has 88 valence electrons. The quantitative estimate of drug-likeness (QED) is 0.707. The highest BCUT2D eigenvalue weighted by atomic mass is 32.1. The van der Waals surface area contributed by atoms with E-state index in [1.807, 2.05) is 0 Å². The van der Waals surface area contributed by atoms with Gasteiger partial charge in [0.15, 0.2) is 5.69 Å². The highest BCUT2D eigenvalue weighted by Crippen LogP contribution is 2.03. The molecule has 0 aliphatic carbocycles. The van der Waals surface area contributed by atoms with Crippen LogP contribution in [0.25, 0.3) is 0 Å². The predicted octanol–water partition coefficient (Wildman–Crippen LogP) is 0.563. The highest BCUT2D eigenvalue weighted by Gasteiger charge is 2.14. The Labute approximate surface area is 97.4 Å². The van der Waals surface area contributed by atoms with E-state index in [0.717, 1.165) is 11.5 Å². The van der Waals surface area contributed by atoms with E-state index in [4.69, 9.17) is 0 Å². The Morgan fingerprint density at radius 2 is 2.31 bits per heavy atom. The summed E-state index contributed by atoms with van der Waals surface area (Å²) in [5.74, 6) is -0.449. The van der Waals surface area contributed by atoms with Gasteiger partial charge in [0, 0.05) is 25.4 Å². The van der Waals surface area contributed by atoms with Crippen molar-refractivity contribution in [2.75, 3.05) is 20.7 Å². The first-order valence-corrected chi connectivity index (χ1v) is 5.58. The Kier molecular flexibility index (Phi) is 4.84. The molecule has 0 N–H and O–H groups in total. The second-order valence-corrected chi connectivity index (χ2v) is 3.81. The molecular weight excluding hydrogens is 230 g/mol. The van der Waals surface area contributed by atoms with Gasteiger partial charge >= 0.3 is 5.97 Å². The van der Waals surface area contributed by atoms with E-state index in [1.54, 1.807) is 12.4 Å². The number of esters is 1. The van der Waals surface area contributed by atoms with Crippen LogP contribution >= 0.6 is 11.5 Å². The normalized spacial score (nSPS) is 9.88. The van der Waals surface area contributed by atoms with Crippen molar-refractivity contribution >= 4 is 23.4 Å². The first-order chi connectivity index (χ1) is 7.65. The molecule has 0 atom stereocenters. The van der Waals surface area contributed by atoms with Crippen molar-refractivity contribution in [3.8, 4) is 0 Å². The first kappa shape index (κ1) is 12.6. The fourth-order valence-corrected chi connectivity index (χ4v) is 1.55. The lowest BCUT2D eigenvalue weighted by atomic mass is 10.3. The number of carbonyl (C=O) groups excluding carboxylic acids is 2. The minimum absolute atomic E-state index is 0.182. The summed E-state index contributed by atoms with van der Waals surface area (Å²) >= 11 is 1.13. The molecule has 0 saturated carbocycles. The van der Waals surface area contributed by atoms with Gasteiger partial charge in [-0.25, -0.2) is 0 Å². The van der Waals surface area contributed by atoms with E-state index in [9.17, 15) is 9.59 Å². The Morgan fingerprint density at radius 3 is 2.88 bits per heavy atom. The van der Waals surface area contributed by atoms with Crippen LogP contribution in [0.4, 0.5) is 0 Å². The zero-order chi connectivity index (χ0) is 12.0. The van der Waals surface area contributed by atoms with E-state index in [-0.39, 0.29) is 11.9 Å². The standard InChI is InChI=1S/C9H13N3O3S/c1-12(5-3-4-8(13)15-2)9(14)7-6-16-11-10-7/h6H,3-5H2,1-2H3. The molecule has 1 heterocycles. The van der Waals surface area contributed by atoms with Crippen LogP contribution in [0.5, 0.6) is 0 Å². The van der Waals surface area contributed by atoms with E-state index < -0.39 is 0 Å². The van der Waals surface area contributed by atoms with Crippen molar-refractivity contribution in [3.63, 3.8) is 0 Å². The molecule has 0 unspecified atom stereocenters. The molecule has 1 rings (SSSR count). The van der Waals surface area contributed by atoms with Crippen molar-refractivity contribution < 1.29 is 14.3 Å². The number of hydrogen-bond acceptors (Lipinski definition) is 6. The summed E-state index contributed by atoms with van der Waals surface area (Å²) in [5, 5.41) is 5.28. The van der Waals surface area contributed by atoms with Gasteiger partial charge in [0.1, 0.15) is 0 Å². The van der Waals surface area contributed by atoms with Crippen LogP contribution in [0, 0.1) is 0 Å². The number of carbonyl (C=O) groups is 2. The Hall–Kier alpha value is -1.50. The maximum Gasteiger partial charge on any atom is 0.305 e. The second-order valence-electron chi connectivity index (χ2n) is 3.20. The third-order valence-corrected chi connectivity index (χ3v) is 2.53. The lowest BCUT2D eigenvalue weighted by molar-refractivity contribution is -0.140. The molecule has 0 aliphatic heterocycles. The monoisotopic (exact) mass is 243 g/mol. The smallest absolute Gasteiger partial charge is 0.305 e. The molecular formula is C9H13N3O3S. The molecule has 16 heavy (non-hydrogen) atoms. The summed E-state index contributed by atoms with van der Waals surface area (Å²) in [4.78, 5) is 24.0. The van der Waals surface area contributed by atoms with Crippen LogP contribution in [-0.4, -0.2) is 47.1 Å². The summed E-state index contributed by atoms with van der Waals surface area (Å²) in [6.45, 7) is 0.492. The minimum Gasteiger partial charge on any atom is -0.469 e. The zero-order valence-corrected chi connectivity index (χ0v) is 9.99. The largest absolute Gasteiger partial charge is 0.469 e. The number of ether oxygens (including phenoxy) is 1. The number of rotatable bonds is 5. The summed E-state index contributed by atoms with van der Waals surface area (Å²) < 4.78 is 8.12. The van der Waals surface area contributed by atoms with E-state index >= 15 is 0 Å². The van der Waals surface area contributed by atoms with Crippen molar-refractivity contribution in [1.29, 1.82) is 0 Å². The average Bonchev–Trinajstić information content (AvgIpc) is 2.81. The molecule has 6 nitrogen and oxygen atoms in total. The van der Waals surface area contributed by atoms with Crippen molar-refractivity contribution in [1.82, 2.24) is 14.5 Å². The maximum absolute atomic E-state index is 11.7. The highest BCUT2D eigenvalue weighted by molar-refractivity contribution is 7.03. The van der Waals surface area contributed by atoms with Gasteiger partial charge in [-0.1, -0.05) is 4.49 Å². The van der Waals surface area contributed by atoms with Gasteiger partial charge in [0.05, 0.1) is 7.11 Å². The fraction of sp³-hybridized carbons (Fsp3) is 0.556. The number of hydrogen-bond donors (Lipinski definition) is 0. The van der Waals surface area contributed by atoms with Crippen molar-refractivity contribution in [2.45, 2.75) is 12.8 Å². The van der Waals surface area contributed by atoms with Crippen LogP contribution < -0.4 is 0 Å². The molecule has 0 fully saturated rings. The van der Waals surface area contributed by atoms with Crippen molar-refractivity contribution in [3.05, 3.63) is 11.1 Å². The summed E-state index contributed by atoms with van der Waals surface area (Å²) in [6, 6.07) is 0. The number of amides is 1. The maximum atomic E-state index is 11.7. The van der Waals surface area contributed by atoms with E-state index in [1.165, 1.54) is 12.0 Å². The van der Waals surface area contributed by atoms with E-state index in [0.29, 0.717) is 25.1 Å². The third kappa shape index (κ3) is 3.58. The van der Waals surface area contributed by atoms with Gasteiger partial charge in [-0.3, -0.25) is 9.59 Å². The Balaban J connectivity index is 2.33. The summed E-state index contributed by atoms with van der Waals surface area (Å²) in [7, 11) is 3.01. The zero-order valence-electron chi connectivity index (χ0n) is 9.17. The molecule has 1 aromatic heterocycles. The lowest BCUT2D eigenvalue weighted by Crippen LogP contribution is -2.28. The van der Waals surface area contributed by atoms with Crippen LogP contribution in [0.2, 0.25) is 0 Å². The molecule has 0 spiro atoms. The van der Waals surface area contributed by atoms with Gasteiger partial charge in [0.2, 0.25) is 0 Å². The summed E-state index contributed by atoms with van der Waals surface area (Å²) in [5.41, 5.74) is 0.338. The predicted molar refractivity (Wildman–Crippen MR) is 58.1 cm³/mol. The molecule has 7 heteroatoms. The SMILES string of the molecule is COC(=O)CCCN(C)C(=O)c1csnn1. The number of aromatic nitrogens is 2. The van der Waals surface area contributed by atoms with Crippen LogP contribution in [-0.2, 0) is 9.53 Å². The molecule has 1 amide bonds. The molecule has 0 aliphatic rings. The molecule has 0 saturated heterocycles. The minimum atomic E-state index is -0.267. The van der Waals surface area contributed by atoms with Gasteiger partial charge in [-0.05, 0) is 18.0 Å². The van der Waals surface area contributed by atoms with Gasteiger partial charge in [-0.2, -0.15) is 0 Å².